The maximum absolute atomic E-state index is 12.9. The number of hydrogen-bond donors (Lipinski definition) is 1. The van der Waals surface area contributed by atoms with Crippen LogP contribution < -0.4 is 15.5 Å². The van der Waals surface area contributed by atoms with Crippen molar-refractivity contribution >= 4 is 17.3 Å². The first kappa shape index (κ1) is 14.3. The van der Waals surface area contributed by atoms with Gasteiger partial charge >= 0.3 is 0 Å². The summed E-state index contributed by atoms with van der Waals surface area (Å²) in [5, 5.41) is 3.81. The van der Waals surface area contributed by atoms with Crippen LogP contribution in [0.3, 0.4) is 0 Å². The van der Waals surface area contributed by atoms with Gasteiger partial charge in [0.1, 0.15) is 17.5 Å². The summed E-state index contributed by atoms with van der Waals surface area (Å²) in [6, 6.07) is 8.09. The standard InChI is InChI=1S/C17H20N4O2/c18-9-14-13(11-23-19-14)17(22)21-8-7-20(10-12-5-6-12)15-3-1-2-4-16(15)21/h1-4,11-12H,5-10,18H2. The molecule has 1 amide bonds. The zero-order valence-corrected chi connectivity index (χ0v) is 12.9. The maximum atomic E-state index is 12.9. The van der Waals surface area contributed by atoms with Crippen LogP contribution in [0.25, 0.3) is 0 Å². The molecule has 0 saturated heterocycles. The van der Waals surface area contributed by atoms with Crippen molar-refractivity contribution in [3.8, 4) is 0 Å². The van der Waals surface area contributed by atoms with Crippen LogP contribution in [0.1, 0.15) is 28.9 Å². The molecule has 0 atom stereocenters. The Morgan fingerprint density at radius 3 is 2.78 bits per heavy atom. The zero-order valence-electron chi connectivity index (χ0n) is 12.9. The lowest BCUT2D eigenvalue weighted by Gasteiger charge is -2.37. The highest BCUT2D eigenvalue weighted by Crippen LogP contribution is 2.37. The van der Waals surface area contributed by atoms with Gasteiger partial charge in [-0.15, -0.1) is 0 Å². The average molecular weight is 312 g/mol. The van der Waals surface area contributed by atoms with Gasteiger partial charge in [-0.05, 0) is 30.9 Å². The topological polar surface area (TPSA) is 75.6 Å². The van der Waals surface area contributed by atoms with E-state index >= 15 is 0 Å². The molecule has 0 unspecified atom stereocenters. The van der Waals surface area contributed by atoms with E-state index in [2.05, 4.69) is 16.1 Å². The summed E-state index contributed by atoms with van der Waals surface area (Å²) in [7, 11) is 0. The van der Waals surface area contributed by atoms with Crippen molar-refractivity contribution in [3.63, 3.8) is 0 Å². The summed E-state index contributed by atoms with van der Waals surface area (Å²) < 4.78 is 4.93. The van der Waals surface area contributed by atoms with Crippen LogP contribution in [0.15, 0.2) is 35.1 Å². The van der Waals surface area contributed by atoms with E-state index in [0.717, 1.165) is 30.4 Å². The summed E-state index contributed by atoms with van der Waals surface area (Å²) in [4.78, 5) is 17.1. The lowest BCUT2D eigenvalue weighted by molar-refractivity contribution is 0.0985. The van der Waals surface area contributed by atoms with Crippen LogP contribution in [0.4, 0.5) is 11.4 Å². The second kappa shape index (κ2) is 5.70. The Morgan fingerprint density at radius 1 is 1.26 bits per heavy atom. The fraction of sp³-hybridized carbons (Fsp3) is 0.412. The first-order valence-corrected chi connectivity index (χ1v) is 8.07. The third-order valence-corrected chi connectivity index (χ3v) is 4.60. The molecule has 2 heterocycles. The lowest BCUT2D eigenvalue weighted by Crippen LogP contribution is -2.45. The highest BCUT2D eigenvalue weighted by Gasteiger charge is 2.32. The molecule has 1 aromatic carbocycles. The number of aromatic nitrogens is 1. The van der Waals surface area contributed by atoms with Gasteiger partial charge in [0.05, 0.1) is 11.4 Å². The number of para-hydroxylation sites is 2. The monoisotopic (exact) mass is 312 g/mol. The van der Waals surface area contributed by atoms with E-state index in [0.29, 0.717) is 17.8 Å². The molecular weight excluding hydrogens is 292 g/mol. The van der Waals surface area contributed by atoms with Gasteiger partial charge < -0.3 is 20.1 Å². The normalized spacial score (nSPS) is 17.3. The largest absolute Gasteiger partial charge is 0.368 e. The smallest absolute Gasteiger partial charge is 0.263 e. The second-order valence-electron chi connectivity index (χ2n) is 6.21. The molecule has 2 aliphatic rings. The molecular formula is C17H20N4O2. The van der Waals surface area contributed by atoms with Crippen molar-refractivity contribution in [1.82, 2.24) is 5.16 Å². The van der Waals surface area contributed by atoms with Crippen LogP contribution in [-0.4, -0.2) is 30.7 Å². The molecule has 1 aliphatic carbocycles. The van der Waals surface area contributed by atoms with Crippen molar-refractivity contribution in [2.24, 2.45) is 11.7 Å². The molecule has 0 spiro atoms. The summed E-state index contributed by atoms with van der Waals surface area (Å²) >= 11 is 0. The third kappa shape index (κ3) is 2.59. The summed E-state index contributed by atoms with van der Waals surface area (Å²) in [5.41, 5.74) is 8.68. The van der Waals surface area contributed by atoms with Crippen molar-refractivity contribution in [3.05, 3.63) is 41.8 Å². The maximum Gasteiger partial charge on any atom is 0.263 e. The van der Waals surface area contributed by atoms with Crippen LogP contribution in [0.2, 0.25) is 0 Å². The van der Waals surface area contributed by atoms with Gasteiger partial charge in [0, 0.05) is 26.2 Å². The SMILES string of the molecule is NCc1nocc1C(=O)N1CCN(CC2CC2)c2ccccc21. The molecule has 0 bridgehead atoms. The van der Waals surface area contributed by atoms with Crippen LogP contribution in [0.5, 0.6) is 0 Å². The summed E-state index contributed by atoms with van der Waals surface area (Å²) in [6.45, 7) is 2.79. The molecule has 4 rings (SSSR count). The van der Waals surface area contributed by atoms with Gasteiger partial charge in [0.15, 0.2) is 0 Å². The summed E-state index contributed by atoms with van der Waals surface area (Å²) in [5.74, 6) is 0.720. The minimum absolute atomic E-state index is 0.0924. The number of benzene rings is 1. The van der Waals surface area contributed by atoms with Crippen LogP contribution in [-0.2, 0) is 6.54 Å². The number of amides is 1. The van der Waals surface area contributed by atoms with Gasteiger partial charge in [0.2, 0.25) is 0 Å². The van der Waals surface area contributed by atoms with Crippen molar-refractivity contribution < 1.29 is 9.32 Å². The predicted octanol–water partition coefficient (Wildman–Crippen LogP) is 2.01. The van der Waals surface area contributed by atoms with Gasteiger partial charge in [0.25, 0.3) is 5.91 Å². The number of nitrogens with two attached hydrogens (primary N) is 1. The Bertz CT molecular complexity index is 723. The number of anilines is 2. The fourth-order valence-electron chi connectivity index (χ4n) is 3.16. The third-order valence-electron chi connectivity index (χ3n) is 4.60. The molecule has 1 aromatic heterocycles. The van der Waals surface area contributed by atoms with E-state index < -0.39 is 0 Å². The Morgan fingerprint density at radius 2 is 2.04 bits per heavy atom. The fourth-order valence-corrected chi connectivity index (χ4v) is 3.16. The number of carbonyl (C=O) groups is 1. The zero-order chi connectivity index (χ0) is 15.8. The minimum Gasteiger partial charge on any atom is -0.368 e. The number of hydrogen-bond acceptors (Lipinski definition) is 5. The Kier molecular flexibility index (Phi) is 3.53. The first-order chi connectivity index (χ1) is 11.3. The quantitative estimate of drug-likeness (QED) is 0.934. The van der Waals surface area contributed by atoms with E-state index in [1.165, 1.54) is 19.1 Å². The van der Waals surface area contributed by atoms with Gasteiger partial charge in [-0.1, -0.05) is 17.3 Å². The van der Waals surface area contributed by atoms with Crippen LogP contribution >= 0.6 is 0 Å². The molecule has 120 valence electrons. The molecule has 6 heteroatoms. The molecule has 23 heavy (non-hydrogen) atoms. The van der Waals surface area contributed by atoms with E-state index in [1.54, 1.807) is 0 Å². The highest BCUT2D eigenvalue weighted by atomic mass is 16.5. The summed E-state index contributed by atoms with van der Waals surface area (Å²) in [6.07, 6.45) is 4.04. The molecule has 6 nitrogen and oxygen atoms in total. The number of nitrogens with zero attached hydrogens (tertiary/aromatic N) is 3. The first-order valence-electron chi connectivity index (χ1n) is 8.07. The highest BCUT2D eigenvalue weighted by molar-refractivity contribution is 6.08. The molecule has 2 N–H and O–H groups in total. The number of fused-ring (bicyclic) bond motifs is 1. The van der Waals surface area contributed by atoms with E-state index in [1.807, 2.05) is 23.1 Å². The van der Waals surface area contributed by atoms with E-state index in [-0.39, 0.29) is 12.5 Å². The van der Waals surface area contributed by atoms with Gasteiger partial charge in [-0.3, -0.25) is 4.79 Å². The molecule has 1 fully saturated rings. The predicted molar refractivity (Wildman–Crippen MR) is 87.4 cm³/mol. The van der Waals surface area contributed by atoms with E-state index in [4.69, 9.17) is 10.3 Å². The molecule has 1 aliphatic heterocycles. The second-order valence-corrected chi connectivity index (χ2v) is 6.21. The van der Waals surface area contributed by atoms with Crippen molar-refractivity contribution in [2.75, 3.05) is 29.4 Å². The average Bonchev–Trinajstić information content (AvgIpc) is 3.27. The molecule has 1 saturated carbocycles. The number of rotatable bonds is 4. The van der Waals surface area contributed by atoms with Crippen LogP contribution in [0, 0.1) is 5.92 Å². The Labute approximate surface area is 134 Å². The van der Waals surface area contributed by atoms with Crippen molar-refractivity contribution in [2.45, 2.75) is 19.4 Å². The van der Waals surface area contributed by atoms with Gasteiger partial charge in [-0.2, -0.15) is 0 Å². The van der Waals surface area contributed by atoms with E-state index in [9.17, 15) is 4.79 Å². The molecule has 2 aromatic rings. The number of carbonyl (C=O) groups excluding carboxylic acids is 1. The Hall–Kier alpha value is -2.34. The minimum atomic E-state index is -0.0924. The van der Waals surface area contributed by atoms with Crippen molar-refractivity contribution in [1.29, 1.82) is 0 Å². The Balaban J connectivity index is 1.65. The lowest BCUT2D eigenvalue weighted by atomic mass is 10.1. The molecule has 0 radical (unpaired) electrons. The van der Waals surface area contributed by atoms with Gasteiger partial charge in [-0.25, -0.2) is 0 Å².